The van der Waals surface area contributed by atoms with Gasteiger partial charge in [0.25, 0.3) is 5.91 Å². The van der Waals surface area contributed by atoms with Crippen LogP contribution in [0.25, 0.3) is 0 Å². The van der Waals surface area contributed by atoms with Gasteiger partial charge in [-0.1, -0.05) is 42.8 Å². The van der Waals surface area contributed by atoms with E-state index in [-0.39, 0.29) is 12.5 Å². The molecule has 1 aliphatic heterocycles. The van der Waals surface area contributed by atoms with E-state index in [1.54, 1.807) is 0 Å². The van der Waals surface area contributed by atoms with Crippen LogP contribution < -0.4 is 15.0 Å². The summed E-state index contributed by atoms with van der Waals surface area (Å²) in [6.07, 6.45) is 0. The summed E-state index contributed by atoms with van der Waals surface area (Å²) in [5.74, 6) is 0.467. The number of halogens is 1. The van der Waals surface area contributed by atoms with E-state index in [0.29, 0.717) is 10.8 Å². The van der Waals surface area contributed by atoms with Crippen molar-refractivity contribution in [1.82, 2.24) is 4.90 Å². The highest BCUT2D eigenvalue weighted by Crippen LogP contribution is 2.34. The molecule has 1 heterocycles. The van der Waals surface area contributed by atoms with E-state index in [1.807, 2.05) is 48.5 Å². The standard InChI is InChI=1S/C20H24ClN3O2/c1-2-23-11-13-24(14-12-23)20-17(21)9-6-10-18(20)22-19(25)15-26-16-7-4-3-5-8-16/h3-10H,2,11-15H2,1H3,(H,22,25). The fraction of sp³-hybridized carbons (Fsp3) is 0.350. The van der Waals surface area contributed by atoms with Gasteiger partial charge >= 0.3 is 0 Å². The molecule has 138 valence electrons. The number of hydrogen-bond acceptors (Lipinski definition) is 4. The lowest BCUT2D eigenvalue weighted by Crippen LogP contribution is -2.46. The minimum atomic E-state index is -0.204. The molecule has 3 rings (SSSR count). The Labute approximate surface area is 159 Å². The van der Waals surface area contributed by atoms with Crippen molar-refractivity contribution in [2.24, 2.45) is 0 Å². The summed E-state index contributed by atoms with van der Waals surface area (Å²) in [6.45, 7) is 6.94. The number of amides is 1. The molecule has 2 aromatic rings. The third-order valence-corrected chi connectivity index (χ3v) is 4.81. The molecule has 1 fully saturated rings. The second-order valence-corrected chi connectivity index (χ2v) is 6.61. The van der Waals surface area contributed by atoms with Crippen molar-refractivity contribution in [2.75, 3.05) is 49.5 Å². The number of rotatable bonds is 6. The number of ether oxygens (including phenoxy) is 1. The van der Waals surface area contributed by atoms with E-state index < -0.39 is 0 Å². The maximum absolute atomic E-state index is 12.3. The lowest BCUT2D eigenvalue weighted by atomic mass is 10.2. The maximum Gasteiger partial charge on any atom is 0.262 e. The van der Waals surface area contributed by atoms with Crippen LogP contribution in [0.1, 0.15) is 6.92 Å². The Bertz CT molecular complexity index is 731. The third-order valence-electron chi connectivity index (χ3n) is 4.51. The Morgan fingerprint density at radius 3 is 2.50 bits per heavy atom. The largest absolute Gasteiger partial charge is 0.484 e. The molecule has 0 aromatic heterocycles. The molecule has 1 N–H and O–H groups in total. The quantitative estimate of drug-likeness (QED) is 0.841. The normalized spacial score (nSPS) is 14.9. The lowest BCUT2D eigenvalue weighted by Gasteiger charge is -2.36. The van der Waals surface area contributed by atoms with Crippen molar-refractivity contribution in [1.29, 1.82) is 0 Å². The molecule has 2 aromatic carbocycles. The van der Waals surface area contributed by atoms with Crippen LogP contribution in [0.15, 0.2) is 48.5 Å². The average Bonchev–Trinajstić information content (AvgIpc) is 2.68. The first-order valence-electron chi connectivity index (χ1n) is 8.91. The van der Waals surface area contributed by atoms with Gasteiger partial charge in [-0.3, -0.25) is 4.79 Å². The Hall–Kier alpha value is -2.24. The Morgan fingerprint density at radius 2 is 1.81 bits per heavy atom. The predicted octanol–water partition coefficient (Wildman–Crippen LogP) is 3.50. The first-order chi connectivity index (χ1) is 12.7. The molecule has 0 atom stereocenters. The predicted molar refractivity (Wildman–Crippen MR) is 106 cm³/mol. The number of para-hydroxylation sites is 2. The molecule has 0 saturated carbocycles. The molecule has 0 aliphatic carbocycles. The number of likely N-dealkylation sites (N-methyl/N-ethyl adjacent to an activating group) is 1. The average molecular weight is 374 g/mol. The lowest BCUT2D eigenvalue weighted by molar-refractivity contribution is -0.118. The number of hydrogen-bond donors (Lipinski definition) is 1. The second kappa shape index (κ2) is 8.92. The number of nitrogens with zero attached hydrogens (tertiary/aromatic N) is 2. The van der Waals surface area contributed by atoms with Gasteiger partial charge in [0.15, 0.2) is 6.61 Å². The zero-order valence-corrected chi connectivity index (χ0v) is 15.7. The van der Waals surface area contributed by atoms with Gasteiger partial charge in [0.2, 0.25) is 0 Å². The highest BCUT2D eigenvalue weighted by Gasteiger charge is 2.21. The van der Waals surface area contributed by atoms with Crippen LogP contribution >= 0.6 is 11.6 Å². The summed E-state index contributed by atoms with van der Waals surface area (Å²) < 4.78 is 5.52. The van der Waals surface area contributed by atoms with Gasteiger partial charge in [0, 0.05) is 26.2 Å². The summed E-state index contributed by atoms with van der Waals surface area (Å²) in [5.41, 5.74) is 1.61. The van der Waals surface area contributed by atoms with Gasteiger partial charge in [-0.15, -0.1) is 0 Å². The summed E-state index contributed by atoms with van der Waals surface area (Å²) in [4.78, 5) is 17.0. The minimum absolute atomic E-state index is 0.0421. The fourth-order valence-corrected chi connectivity index (χ4v) is 3.37. The number of carbonyl (C=O) groups excluding carboxylic acids is 1. The molecule has 1 saturated heterocycles. The van der Waals surface area contributed by atoms with Crippen molar-refractivity contribution in [3.63, 3.8) is 0 Å². The van der Waals surface area contributed by atoms with Crippen molar-refractivity contribution in [2.45, 2.75) is 6.92 Å². The van der Waals surface area contributed by atoms with Crippen LogP contribution in [0.3, 0.4) is 0 Å². The number of anilines is 2. The zero-order chi connectivity index (χ0) is 18.4. The van der Waals surface area contributed by atoms with Crippen LogP contribution in [0.4, 0.5) is 11.4 Å². The van der Waals surface area contributed by atoms with Crippen molar-refractivity contribution in [3.8, 4) is 5.75 Å². The van der Waals surface area contributed by atoms with Gasteiger partial charge < -0.3 is 19.9 Å². The zero-order valence-electron chi connectivity index (χ0n) is 15.0. The number of piperazine rings is 1. The highest BCUT2D eigenvalue weighted by molar-refractivity contribution is 6.34. The third kappa shape index (κ3) is 4.68. The smallest absolute Gasteiger partial charge is 0.262 e. The molecule has 26 heavy (non-hydrogen) atoms. The van der Waals surface area contributed by atoms with E-state index in [9.17, 15) is 4.79 Å². The van der Waals surface area contributed by atoms with Gasteiger partial charge in [0.05, 0.1) is 16.4 Å². The van der Waals surface area contributed by atoms with Crippen LogP contribution in [-0.4, -0.2) is 50.1 Å². The summed E-state index contributed by atoms with van der Waals surface area (Å²) >= 11 is 6.45. The molecular formula is C20H24ClN3O2. The van der Waals surface area contributed by atoms with Gasteiger partial charge in [-0.25, -0.2) is 0 Å². The molecule has 6 heteroatoms. The molecular weight excluding hydrogens is 350 g/mol. The molecule has 0 bridgehead atoms. The van der Waals surface area contributed by atoms with E-state index in [2.05, 4.69) is 22.0 Å². The highest BCUT2D eigenvalue weighted by atomic mass is 35.5. The second-order valence-electron chi connectivity index (χ2n) is 6.21. The van der Waals surface area contributed by atoms with E-state index >= 15 is 0 Å². The molecule has 5 nitrogen and oxygen atoms in total. The van der Waals surface area contributed by atoms with Crippen LogP contribution in [0.2, 0.25) is 5.02 Å². The van der Waals surface area contributed by atoms with Crippen LogP contribution in [0, 0.1) is 0 Å². The Balaban J connectivity index is 1.66. The molecule has 0 unspecified atom stereocenters. The molecule has 1 amide bonds. The van der Waals surface area contributed by atoms with Crippen LogP contribution in [-0.2, 0) is 4.79 Å². The van der Waals surface area contributed by atoms with E-state index in [4.69, 9.17) is 16.3 Å². The fourth-order valence-electron chi connectivity index (χ4n) is 3.08. The van der Waals surface area contributed by atoms with Gasteiger partial charge in [-0.2, -0.15) is 0 Å². The Kier molecular flexibility index (Phi) is 6.36. The monoisotopic (exact) mass is 373 g/mol. The number of nitrogens with one attached hydrogen (secondary N) is 1. The van der Waals surface area contributed by atoms with E-state index in [0.717, 1.165) is 44.1 Å². The van der Waals surface area contributed by atoms with Crippen molar-refractivity contribution < 1.29 is 9.53 Å². The summed E-state index contributed by atoms with van der Waals surface area (Å²) in [6, 6.07) is 14.9. The first-order valence-corrected chi connectivity index (χ1v) is 9.28. The molecule has 0 radical (unpaired) electrons. The van der Waals surface area contributed by atoms with Gasteiger partial charge in [0.1, 0.15) is 5.75 Å². The first kappa shape index (κ1) is 18.5. The summed E-state index contributed by atoms with van der Waals surface area (Å²) in [5, 5.41) is 3.59. The maximum atomic E-state index is 12.3. The summed E-state index contributed by atoms with van der Waals surface area (Å²) in [7, 11) is 0. The van der Waals surface area contributed by atoms with Crippen molar-refractivity contribution >= 4 is 28.9 Å². The Morgan fingerprint density at radius 1 is 1.08 bits per heavy atom. The minimum Gasteiger partial charge on any atom is -0.484 e. The molecule has 0 spiro atoms. The van der Waals surface area contributed by atoms with Crippen LogP contribution in [0.5, 0.6) is 5.75 Å². The van der Waals surface area contributed by atoms with Crippen molar-refractivity contribution in [3.05, 3.63) is 53.6 Å². The topological polar surface area (TPSA) is 44.8 Å². The van der Waals surface area contributed by atoms with E-state index in [1.165, 1.54) is 0 Å². The molecule has 1 aliphatic rings. The van der Waals surface area contributed by atoms with Gasteiger partial charge in [-0.05, 0) is 30.8 Å². The number of carbonyl (C=O) groups is 1. The SMILES string of the molecule is CCN1CCN(c2c(Cl)cccc2NC(=O)COc2ccccc2)CC1. The number of benzene rings is 2.